The summed E-state index contributed by atoms with van der Waals surface area (Å²) < 4.78 is 0. The highest BCUT2D eigenvalue weighted by molar-refractivity contribution is 5.75. The first-order valence-corrected chi connectivity index (χ1v) is 3.01. The van der Waals surface area contributed by atoms with Gasteiger partial charge >= 0.3 is 5.97 Å². The topological polar surface area (TPSA) is 81.8 Å². The molecule has 0 bridgehead atoms. The molecule has 0 heterocycles. The van der Waals surface area contributed by atoms with E-state index >= 15 is 0 Å². The van der Waals surface area contributed by atoms with E-state index in [4.69, 9.17) is 5.73 Å². The fourth-order valence-corrected chi connectivity index (χ4v) is 0.533. The highest BCUT2D eigenvalue weighted by Crippen LogP contribution is 1.95. The molecule has 0 aromatic carbocycles. The third kappa shape index (κ3) is 3.13. The first-order valence-electron chi connectivity index (χ1n) is 3.01. The predicted octanol–water partition coefficient (Wildman–Crippen LogP) is 0.338. The minimum Gasteiger partial charge on any atom is -0.318 e. The molecule has 58 valence electrons. The average molecular weight is 146 g/mol. The summed E-state index contributed by atoms with van der Waals surface area (Å²) in [4.78, 5) is 23.6. The summed E-state index contributed by atoms with van der Waals surface area (Å²) in [5, 5.41) is 1.96. The largest absolute Gasteiger partial charge is 0.355 e. The molecule has 0 aliphatic heterocycles. The Balaban J connectivity index is 3.58. The van der Waals surface area contributed by atoms with E-state index in [1.54, 1.807) is 0 Å². The third-order valence-electron chi connectivity index (χ3n) is 1.03. The molecule has 2 N–H and O–H groups in total. The molecule has 1 atom stereocenters. The van der Waals surface area contributed by atoms with Crippen molar-refractivity contribution in [2.75, 3.05) is 0 Å². The lowest BCUT2D eigenvalue weighted by Crippen LogP contribution is -2.30. The Morgan fingerprint density at radius 1 is 1.80 bits per heavy atom. The van der Waals surface area contributed by atoms with Crippen molar-refractivity contribution in [1.82, 2.24) is 0 Å². The number of hydrogen-bond donors (Lipinski definition) is 1. The van der Waals surface area contributed by atoms with Gasteiger partial charge in [-0.2, -0.15) is 0 Å². The van der Waals surface area contributed by atoms with Gasteiger partial charge in [0.2, 0.25) is 0 Å². The molecule has 0 spiro atoms. The van der Waals surface area contributed by atoms with Gasteiger partial charge in [0.1, 0.15) is 6.04 Å². The van der Waals surface area contributed by atoms with Crippen LogP contribution in [0.15, 0.2) is 5.34 Å². The van der Waals surface area contributed by atoms with Crippen molar-refractivity contribution in [1.29, 1.82) is 0 Å². The zero-order chi connectivity index (χ0) is 7.98. The highest BCUT2D eigenvalue weighted by atomic mass is 16.7. The summed E-state index contributed by atoms with van der Waals surface area (Å²) in [6.45, 7) is 1.88. The van der Waals surface area contributed by atoms with Crippen LogP contribution in [0.3, 0.4) is 0 Å². The molecule has 0 unspecified atom stereocenters. The third-order valence-corrected chi connectivity index (χ3v) is 1.03. The SMILES string of the molecule is CCC[C@H](N)C(=O)ON=O. The van der Waals surface area contributed by atoms with Crippen molar-refractivity contribution in [2.45, 2.75) is 25.8 Å². The van der Waals surface area contributed by atoms with Gasteiger partial charge in [0.05, 0.1) is 0 Å². The zero-order valence-corrected chi connectivity index (χ0v) is 5.74. The molecular weight excluding hydrogens is 136 g/mol. The summed E-state index contributed by atoms with van der Waals surface area (Å²) >= 11 is 0. The quantitative estimate of drug-likeness (QED) is 0.458. The molecule has 0 saturated carbocycles. The van der Waals surface area contributed by atoms with Crippen LogP contribution in [-0.2, 0) is 9.63 Å². The zero-order valence-electron chi connectivity index (χ0n) is 5.74. The Bertz CT molecular complexity index is 126. The van der Waals surface area contributed by atoms with Gasteiger partial charge in [0.25, 0.3) is 0 Å². The number of nitrogens with two attached hydrogens (primary N) is 1. The maximum atomic E-state index is 10.5. The number of carbonyl (C=O) groups is 1. The van der Waals surface area contributed by atoms with Crippen LogP contribution in [0.25, 0.3) is 0 Å². The van der Waals surface area contributed by atoms with E-state index in [0.29, 0.717) is 6.42 Å². The normalized spacial score (nSPS) is 12.2. The molecule has 0 fully saturated rings. The second-order valence-electron chi connectivity index (χ2n) is 1.88. The molecule has 5 nitrogen and oxygen atoms in total. The van der Waals surface area contributed by atoms with E-state index in [1.165, 1.54) is 0 Å². The lowest BCUT2D eigenvalue weighted by Gasteiger charge is -2.02. The van der Waals surface area contributed by atoms with Crippen molar-refractivity contribution in [3.05, 3.63) is 4.91 Å². The molecule has 0 aliphatic carbocycles. The van der Waals surface area contributed by atoms with Gasteiger partial charge in [-0.15, -0.1) is 4.91 Å². The lowest BCUT2D eigenvalue weighted by atomic mass is 10.2. The van der Waals surface area contributed by atoms with Crippen LogP contribution in [0, 0.1) is 4.91 Å². The molecule has 10 heavy (non-hydrogen) atoms. The smallest absolute Gasteiger partial charge is 0.318 e. The van der Waals surface area contributed by atoms with Crippen LogP contribution >= 0.6 is 0 Å². The second kappa shape index (κ2) is 4.87. The van der Waals surface area contributed by atoms with Gasteiger partial charge < -0.3 is 5.73 Å². The maximum absolute atomic E-state index is 10.5. The van der Waals surface area contributed by atoms with Crippen LogP contribution in [-0.4, -0.2) is 12.0 Å². The molecule has 5 heteroatoms. The number of nitrogens with zero attached hydrogens (tertiary/aromatic N) is 1. The second-order valence-corrected chi connectivity index (χ2v) is 1.88. The Morgan fingerprint density at radius 3 is 2.80 bits per heavy atom. The van der Waals surface area contributed by atoms with Gasteiger partial charge in [-0.3, -0.25) is 4.84 Å². The van der Waals surface area contributed by atoms with E-state index < -0.39 is 12.0 Å². The van der Waals surface area contributed by atoms with Crippen LogP contribution in [0.1, 0.15) is 19.8 Å². The monoisotopic (exact) mass is 146 g/mol. The summed E-state index contributed by atoms with van der Waals surface area (Å²) in [5.41, 5.74) is 5.24. The van der Waals surface area contributed by atoms with Gasteiger partial charge in [0.15, 0.2) is 5.34 Å². The first kappa shape index (κ1) is 9.03. The minimum atomic E-state index is -0.767. The molecule has 0 radical (unpaired) electrons. The predicted molar refractivity (Wildman–Crippen MR) is 34.8 cm³/mol. The number of rotatable bonds is 4. The van der Waals surface area contributed by atoms with Crippen molar-refractivity contribution in [3.63, 3.8) is 0 Å². The average Bonchev–Trinajstić information content (AvgIpc) is 1.89. The Hall–Kier alpha value is -0.970. The van der Waals surface area contributed by atoms with E-state index in [0.717, 1.165) is 6.42 Å². The van der Waals surface area contributed by atoms with Crippen molar-refractivity contribution >= 4 is 5.97 Å². The Kier molecular flexibility index (Phi) is 4.39. The van der Waals surface area contributed by atoms with Gasteiger partial charge in [-0.05, 0) is 6.42 Å². The maximum Gasteiger partial charge on any atom is 0.355 e. The van der Waals surface area contributed by atoms with Crippen molar-refractivity contribution < 1.29 is 9.63 Å². The van der Waals surface area contributed by atoms with Crippen LogP contribution in [0.5, 0.6) is 0 Å². The van der Waals surface area contributed by atoms with Crippen LogP contribution < -0.4 is 5.73 Å². The number of hydrogen-bond acceptors (Lipinski definition) is 5. The van der Waals surface area contributed by atoms with E-state index in [-0.39, 0.29) is 0 Å². The van der Waals surface area contributed by atoms with Gasteiger partial charge in [-0.1, -0.05) is 13.3 Å². The molecular formula is C5H10N2O3. The van der Waals surface area contributed by atoms with Gasteiger partial charge in [-0.25, -0.2) is 4.79 Å². The minimum absolute atomic E-state index is 0.508. The first-order chi connectivity index (χ1) is 4.72. The summed E-state index contributed by atoms with van der Waals surface area (Å²) in [7, 11) is 0. The fourth-order valence-electron chi connectivity index (χ4n) is 0.533. The molecule has 0 aromatic rings. The van der Waals surface area contributed by atoms with Gasteiger partial charge in [0, 0.05) is 0 Å². The van der Waals surface area contributed by atoms with E-state index in [1.807, 2.05) is 12.3 Å². The molecule has 0 amide bonds. The summed E-state index contributed by atoms with van der Waals surface area (Å²) in [5.74, 6) is -0.767. The standard InChI is InChI=1S/C5H10N2O3/c1-2-3-4(6)5(8)10-7-9/h4H,2-3,6H2,1H3/t4-/m0/s1. The summed E-state index contributed by atoms with van der Waals surface area (Å²) in [6.07, 6.45) is 1.28. The number of carbonyl (C=O) groups excluding carboxylic acids is 1. The molecule has 0 aromatic heterocycles. The summed E-state index contributed by atoms with van der Waals surface area (Å²) in [6, 6.07) is -0.720. The lowest BCUT2D eigenvalue weighted by molar-refractivity contribution is -0.145. The Labute approximate surface area is 58.5 Å². The van der Waals surface area contributed by atoms with Crippen LogP contribution in [0.2, 0.25) is 0 Å². The fraction of sp³-hybridized carbons (Fsp3) is 0.800. The Morgan fingerprint density at radius 2 is 2.40 bits per heavy atom. The van der Waals surface area contributed by atoms with Crippen molar-refractivity contribution in [2.24, 2.45) is 11.1 Å². The van der Waals surface area contributed by atoms with Crippen molar-refractivity contribution in [3.8, 4) is 0 Å². The molecule has 0 rings (SSSR count). The van der Waals surface area contributed by atoms with E-state index in [2.05, 4.69) is 4.84 Å². The van der Waals surface area contributed by atoms with Crippen LogP contribution in [0.4, 0.5) is 0 Å². The molecule has 0 saturated heterocycles. The van der Waals surface area contributed by atoms with E-state index in [9.17, 15) is 9.70 Å². The molecule has 0 aliphatic rings. The highest BCUT2D eigenvalue weighted by Gasteiger charge is 2.13.